The molecular weight excluding hydrogens is 198 g/mol. The van der Waals surface area contributed by atoms with Crippen LogP contribution in [0, 0.1) is 6.92 Å². The molecule has 3 N–H and O–H groups in total. The zero-order valence-electron chi connectivity index (χ0n) is 8.19. The number of aryl methyl sites for hydroxylation is 1. The molecule has 3 nitrogen and oxygen atoms in total. The Kier molecular flexibility index (Phi) is 4.10. The van der Waals surface area contributed by atoms with Gasteiger partial charge in [-0.3, -0.25) is 4.21 Å². The highest BCUT2D eigenvalue weighted by molar-refractivity contribution is 7.85. The maximum Gasteiger partial charge on any atom is 0.0620 e. The summed E-state index contributed by atoms with van der Waals surface area (Å²) in [6.45, 7) is 1.96. The lowest BCUT2D eigenvalue weighted by atomic mass is 10.2. The van der Waals surface area contributed by atoms with Crippen molar-refractivity contribution in [1.29, 1.82) is 0 Å². The number of nitrogen functional groups attached to an aromatic ring is 1. The number of hydrogen-bond donors (Lipinski definition) is 2. The molecular formula is C10H15NO2S. The van der Waals surface area contributed by atoms with Crippen LogP contribution in [0.15, 0.2) is 23.1 Å². The van der Waals surface area contributed by atoms with Crippen LogP contribution >= 0.6 is 0 Å². The standard InChI is InChI=1S/C10H15NO2S/c1-8-4-2-5-9(10(8)11)14(13)7-3-6-12/h2,4-5,12H,3,6-7,11H2,1H3. The van der Waals surface area contributed by atoms with Gasteiger partial charge < -0.3 is 10.8 Å². The Morgan fingerprint density at radius 1 is 1.50 bits per heavy atom. The van der Waals surface area contributed by atoms with Crippen molar-refractivity contribution in [3.63, 3.8) is 0 Å². The van der Waals surface area contributed by atoms with E-state index in [-0.39, 0.29) is 6.61 Å². The summed E-state index contributed by atoms with van der Waals surface area (Å²) in [5.74, 6) is 0.462. The van der Waals surface area contributed by atoms with Crippen molar-refractivity contribution in [2.75, 3.05) is 18.1 Å². The maximum absolute atomic E-state index is 11.7. The number of benzene rings is 1. The van der Waals surface area contributed by atoms with Gasteiger partial charge in [0, 0.05) is 12.4 Å². The topological polar surface area (TPSA) is 63.3 Å². The predicted octanol–water partition coefficient (Wildman–Crippen LogP) is 1.07. The Hall–Kier alpha value is -0.870. The van der Waals surface area contributed by atoms with Crippen molar-refractivity contribution >= 4 is 16.5 Å². The summed E-state index contributed by atoms with van der Waals surface area (Å²) in [7, 11) is -1.09. The molecule has 0 aliphatic carbocycles. The van der Waals surface area contributed by atoms with Gasteiger partial charge in [0.2, 0.25) is 0 Å². The van der Waals surface area contributed by atoms with Gasteiger partial charge in [-0.2, -0.15) is 0 Å². The minimum atomic E-state index is -1.09. The van der Waals surface area contributed by atoms with Gasteiger partial charge in [-0.1, -0.05) is 12.1 Å². The van der Waals surface area contributed by atoms with E-state index in [1.807, 2.05) is 19.1 Å². The number of rotatable bonds is 4. The first-order valence-corrected chi connectivity index (χ1v) is 5.83. The Morgan fingerprint density at radius 2 is 2.21 bits per heavy atom. The van der Waals surface area contributed by atoms with Gasteiger partial charge in [-0.05, 0) is 25.0 Å². The first-order valence-electron chi connectivity index (χ1n) is 4.51. The smallest absolute Gasteiger partial charge is 0.0620 e. The lowest BCUT2D eigenvalue weighted by Gasteiger charge is -2.07. The van der Waals surface area contributed by atoms with E-state index in [4.69, 9.17) is 10.8 Å². The van der Waals surface area contributed by atoms with Crippen LogP contribution in [0.5, 0.6) is 0 Å². The Morgan fingerprint density at radius 3 is 2.86 bits per heavy atom. The van der Waals surface area contributed by atoms with Crippen molar-refractivity contribution in [3.05, 3.63) is 23.8 Å². The molecule has 0 heterocycles. The highest BCUT2D eigenvalue weighted by atomic mass is 32.2. The summed E-state index contributed by atoms with van der Waals surface area (Å²) < 4.78 is 11.7. The van der Waals surface area contributed by atoms with Crippen molar-refractivity contribution in [1.82, 2.24) is 0 Å². The van der Waals surface area contributed by atoms with E-state index in [9.17, 15) is 4.21 Å². The van der Waals surface area contributed by atoms with E-state index in [1.54, 1.807) is 6.07 Å². The fourth-order valence-corrected chi connectivity index (χ4v) is 2.41. The Balaban J connectivity index is 2.84. The van der Waals surface area contributed by atoms with Crippen molar-refractivity contribution in [2.24, 2.45) is 0 Å². The fraction of sp³-hybridized carbons (Fsp3) is 0.400. The zero-order valence-corrected chi connectivity index (χ0v) is 9.01. The highest BCUT2D eigenvalue weighted by Crippen LogP contribution is 2.20. The molecule has 1 atom stereocenters. The molecule has 78 valence electrons. The lowest BCUT2D eigenvalue weighted by molar-refractivity contribution is 0.296. The van der Waals surface area contributed by atoms with Crippen LogP contribution in [-0.2, 0) is 10.8 Å². The minimum absolute atomic E-state index is 0.0669. The van der Waals surface area contributed by atoms with Gasteiger partial charge >= 0.3 is 0 Å². The molecule has 0 bridgehead atoms. The third kappa shape index (κ3) is 2.56. The minimum Gasteiger partial charge on any atom is -0.398 e. The van der Waals surface area contributed by atoms with Crippen LogP contribution in [0.2, 0.25) is 0 Å². The second kappa shape index (κ2) is 5.12. The quantitative estimate of drug-likeness (QED) is 0.735. The summed E-state index contributed by atoms with van der Waals surface area (Å²) in [6, 6.07) is 5.51. The Labute approximate surface area is 86.4 Å². The van der Waals surface area contributed by atoms with E-state index in [0.717, 1.165) is 5.56 Å². The Bertz CT molecular complexity index is 339. The van der Waals surface area contributed by atoms with Gasteiger partial charge in [0.1, 0.15) is 0 Å². The molecule has 0 aliphatic rings. The third-order valence-electron chi connectivity index (χ3n) is 2.02. The molecule has 1 aromatic rings. The molecule has 0 aliphatic heterocycles. The largest absolute Gasteiger partial charge is 0.398 e. The zero-order chi connectivity index (χ0) is 10.6. The normalized spacial score (nSPS) is 12.7. The highest BCUT2D eigenvalue weighted by Gasteiger charge is 2.08. The van der Waals surface area contributed by atoms with E-state index in [0.29, 0.717) is 22.8 Å². The maximum atomic E-state index is 11.7. The molecule has 0 saturated carbocycles. The molecule has 1 aromatic carbocycles. The van der Waals surface area contributed by atoms with Crippen LogP contribution in [0.1, 0.15) is 12.0 Å². The molecule has 14 heavy (non-hydrogen) atoms. The molecule has 1 rings (SSSR count). The van der Waals surface area contributed by atoms with Crippen LogP contribution < -0.4 is 5.73 Å². The van der Waals surface area contributed by atoms with Crippen molar-refractivity contribution < 1.29 is 9.32 Å². The number of para-hydroxylation sites is 1. The van der Waals surface area contributed by atoms with Crippen LogP contribution in [0.3, 0.4) is 0 Å². The molecule has 1 unspecified atom stereocenters. The third-order valence-corrected chi connectivity index (χ3v) is 3.52. The summed E-state index contributed by atoms with van der Waals surface area (Å²) >= 11 is 0. The second-order valence-corrected chi connectivity index (χ2v) is 4.65. The van der Waals surface area contributed by atoms with Gasteiger partial charge in [0.15, 0.2) is 0 Å². The van der Waals surface area contributed by atoms with Crippen molar-refractivity contribution in [2.45, 2.75) is 18.2 Å². The van der Waals surface area contributed by atoms with Gasteiger partial charge in [-0.25, -0.2) is 0 Å². The van der Waals surface area contributed by atoms with E-state index < -0.39 is 10.8 Å². The molecule has 0 aromatic heterocycles. The lowest BCUT2D eigenvalue weighted by Crippen LogP contribution is -2.04. The first kappa shape index (κ1) is 11.2. The average molecular weight is 213 g/mol. The summed E-state index contributed by atoms with van der Waals surface area (Å²) in [6.07, 6.45) is 0.542. The summed E-state index contributed by atoms with van der Waals surface area (Å²) in [5, 5.41) is 8.62. The number of anilines is 1. The number of nitrogens with two attached hydrogens (primary N) is 1. The monoisotopic (exact) mass is 213 g/mol. The predicted molar refractivity (Wildman–Crippen MR) is 58.6 cm³/mol. The summed E-state index contributed by atoms with van der Waals surface area (Å²) in [5.41, 5.74) is 7.34. The molecule has 0 amide bonds. The molecule has 0 spiro atoms. The number of hydrogen-bond acceptors (Lipinski definition) is 3. The second-order valence-electron chi connectivity index (χ2n) is 3.11. The van der Waals surface area contributed by atoms with Gasteiger partial charge in [0.05, 0.1) is 21.4 Å². The molecule has 4 heteroatoms. The number of aliphatic hydroxyl groups is 1. The van der Waals surface area contributed by atoms with Crippen LogP contribution in [0.25, 0.3) is 0 Å². The van der Waals surface area contributed by atoms with Crippen LogP contribution in [0.4, 0.5) is 5.69 Å². The van der Waals surface area contributed by atoms with Gasteiger partial charge in [-0.15, -0.1) is 0 Å². The van der Waals surface area contributed by atoms with Gasteiger partial charge in [0.25, 0.3) is 0 Å². The average Bonchev–Trinajstić information content (AvgIpc) is 2.18. The van der Waals surface area contributed by atoms with E-state index in [1.165, 1.54) is 0 Å². The summed E-state index contributed by atoms with van der Waals surface area (Å²) in [4.78, 5) is 0.679. The van der Waals surface area contributed by atoms with E-state index >= 15 is 0 Å². The first-order chi connectivity index (χ1) is 6.66. The number of aliphatic hydroxyl groups excluding tert-OH is 1. The molecule has 0 fully saturated rings. The van der Waals surface area contributed by atoms with E-state index in [2.05, 4.69) is 0 Å². The van der Waals surface area contributed by atoms with Crippen LogP contribution in [-0.4, -0.2) is 21.7 Å². The molecule has 0 radical (unpaired) electrons. The van der Waals surface area contributed by atoms with Crippen molar-refractivity contribution in [3.8, 4) is 0 Å². The SMILES string of the molecule is Cc1cccc(S(=O)CCCO)c1N. The molecule has 0 saturated heterocycles. The fourth-order valence-electron chi connectivity index (χ4n) is 1.16.